The molecule has 31 heavy (non-hydrogen) atoms. The standard InChI is InChI=1S/C24H21N3O2S2/c1-29-17-10-5-9-16(13-17)27-22(28)21(15-7-3-2-4-8-15)31-24-20-18-11-6-12-19(18)30-23(20)25-14-26-24/h2-5,7-10,13-14,21H,6,11-12H2,1H3,(H,27,28)/t21-/m1/s1. The lowest BCUT2D eigenvalue weighted by Crippen LogP contribution is -2.19. The van der Waals surface area contributed by atoms with E-state index < -0.39 is 5.25 Å². The zero-order valence-electron chi connectivity index (χ0n) is 17.0. The van der Waals surface area contributed by atoms with Gasteiger partial charge in [-0.3, -0.25) is 4.79 Å². The molecule has 2 aromatic heterocycles. The van der Waals surface area contributed by atoms with E-state index in [1.165, 1.54) is 28.6 Å². The Morgan fingerprint density at radius 2 is 2.00 bits per heavy atom. The van der Waals surface area contributed by atoms with Crippen molar-refractivity contribution >= 4 is 44.9 Å². The number of carbonyl (C=O) groups is 1. The minimum absolute atomic E-state index is 0.0944. The fraction of sp³-hybridized carbons (Fsp3) is 0.208. The Morgan fingerprint density at radius 3 is 2.84 bits per heavy atom. The van der Waals surface area contributed by atoms with Gasteiger partial charge in [0.15, 0.2) is 0 Å². The number of aryl methyl sites for hydroxylation is 2. The van der Waals surface area contributed by atoms with Crippen molar-refractivity contribution in [3.8, 4) is 5.75 Å². The molecule has 156 valence electrons. The number of carbonyl (C=O) groups excluding carboxylic acids is 1. The van der Waals surface area contributed by atoms with E-state index >= 15 is 0 Å². The highest BCUT2D eigenvalue weighted by atomic mass is 32.2. The predicted molar refractivity (Wildman–Crippen MR) is 126 cm³/mol. The number of thiophene rings is 1. The van der Waals surface area contributed by atoms with Gasteiger partial charge >= 0.3 is 0 Å². The molecule has 1 amide bonds. The molecule has 1 N–H and O–H groups in total. The Bertz CT molecular complexity index is 1240. The van der Waals surface area contributed by atoms with Gasteiger partial charge < -0.3 is 10.1 Å². The fourth-order valence-corrected chi connectivity index (χ4v) is 6.33. The van der Waals surface area contributed by atoms with Gasteiger partial charge in [-0.15, -0.1) is 11.3 Å². The summed E-state index contributed by atoms with van der Waals surface area (Å²) in [5, 5.41) is 4.61. The summed E-state index contributed by atoms with van der Waals surface area (Å²) >= 11 is 3.25. The summed E-state index contributed by atoms with van der Waals surface area (Å²) in [5.41, 5.74) is 3.00. The minimum atomic E-state index is -0.442. The number of nitrogens with one attached hydrogen (secondary N) is 1. The van der Waals surface area contributed by atoms with Crippen molar-refractivity contribution < 1.29 is 9.53 Å². The molecule has 1 aliphatic rings. The van der Waals surface area contributed by atoms with Crippen molar-refractivity contribution in [2.45, 2.75) is 29.5 Å². The van der Waals surface area contributed by atoms with E-state index in [1.54, 1.807) is 24.8 Å². The molecule has 5 rings (SSSR count). The number of ether oxygens (including phenoxy) is 1. The molecule has 2 heterocycles. The zero-order chi connectivity index (χ0) is 21.2. The smallest absolute Gasteiger partial charge is 0.242 e. The van der Waals surface area contributed by atoms with Crippen LogP contribution >= 0.6 is 23.1 Å². The van der Waals surface area contributed by atoms with Crippen molar-refractivity contribution in [1.29, 1.82) is 0 Å². The topological polar surface area (TPSA) is 64.1 Å². The van der Waals surface area contributed by atoms with Crippen molar-refractivity contribution in [3.05, 3.63) is 76.9 Å². The van der Waals surface area contributed by atoms with E-state index in [0.29, 0.717) is 11.4 Å². The summed E-state index contributed by atoms with van der Waals surface area (Å²) in [4.78, 5) is 24.9. The monoisotopic (exact) mass is 447 g/mol. The molecule has 7 heteroatoms. The highest BCUT2D eigenvalue weighted by Gasteiger charge is 2.27. The van der Waals surface area contributed by atoms with Crippen LogP contribution in [-0.4, -0.2) is 23.0 Å². The van der Waals surface area contributed by atoms with E-state index in [2.05, 4.69) is 15.3 Å². The van der Waals surface area contributed by atoms with Gasteiger partial charge in [0.1, 0.15) is 27.2 Å². The zero-order valence-corrected chi connectivity index (χ0v) is 18.6. The third kappa shape index (κ3) is 4.03. The van der Waals surface area contributed by atoms with E-state index in [0.717, 1.165) is 33.6 Å². The lowest BCUT2D eigenvalue weighted by molar-refractivity contribution is -0.115. The van der Waals surface area contributed by atoms with Crippen LogP contribution < -0.4 is 10.1 Å². The number of rotatable bonds is 6. The first kappa shape index (κ1) is 20.0. The summed E-state index contributed by atoms with van der Waals surface area (Å²) in [5.74, 6) is 0.608. The van der Waals surface area contributed by atoms with Gasteiger partial charge in [-0.05, 0) is 42.5 Å². The molecular weight excluding hydrogens is 426 g/mol. The molecule has 0 aliphatic heterocycles. The molecule has 0 radical (unpaired) electrons. The largest absolute Gasteiger partial charge is 0.497 e. The van der Waals surface area contributed by atoms with Crippen LogP contribution in [0.2, 0.25) is 0 Å². The first-order chi connectivity index (χ1) is 15.2. The van der Waals surface area contributed by atoms with Crippen LogP contribution in [0.15, 0.2) is 66.0 Å². The molecule has 0 bridgehead atoms. The Hall–Kier alpha value is -2.90. The van der Waals surface area contributed by atoms with E-state index in [9.17, 15) is 4.79 Å². The number of thioether (sulfide) groups is 1. The normalized spacial score (nSPS) is 13.7. The molecule has 0 saturated carbocycles. The molecule has 0 spiro atoms. The molecule has 5 nitrogen and oxygen atoms in total. The maximum atomic E-state index is 13.4. The van der Waals surface area contributed by atoms with Crippen LogP contribution in [0.1, 0.15) is 27.7 Å². The van der Waals surface area contributed by atoms with Gasteiger partial charge in [-0.1, -0.05) is 48.2 Å². The number of aromatic nitrogens is 2. The van der Waals surface area contributed by atoms with Gasteiger partial charge in [0.2, 0.25) is 5.91 Å². The van der Waals surface area contributed by atoms with Crippen LogP contribution in [-0.2, 0) is 17.6 Å². The number of hydrogen-bond donors (Lipinski definition) is 1. The summed E-state index contributed by atoms with van der Waals surface area (Å²) in [6.07, 6.45) is 4.95. The number of hydrogen-bond acceptors (Lipinski definition) is 6. The van der Waals surface area contributed by atoms with Crippen LogP contribution in [0.25, 0.3) is 10.2 Å². The Morgan fingerprint density at radius 1 is 1.13 bits per heavy atom. The van der Waals surface area contributed by atoms with E-state index in [1.807, 2.05) is 54.6 Å². The average molecular weight is 448 g/mol. The number of amides is 1. The summed E-state index contributed by atoms with van der Waals surface area (Å²) in [6, 6.07) is 17.2. The van der Waals surface area contributed by atoms with Gasteiger partial charge in [0, 0.05) is 22.0 Å². The second kappa shape index (κ2) is 8.69. The molecule has 0 fully saturated rings. The third-order valence-electron chi connectivity index (χ3n) is 5.37. The molecule has 1 atom stereocenters. The Balaban J connectivity index is 1.50. The highest BCUT2D eigenvalue weighted by Crippen LogP contribution is 2.44. The van der Waals surface area contributed by atoms with E-state index in [-0.39, 0.29) is 5.91 Å². The number of anilines is 1. The van der Waals surface area contributed by atoms with E-state index in [4.69, 9.17) is 4.74 Å². The van der Waals surface area contributed by atoms with Crippen molar-refractivity contribution in [3.63, 3.8) is 0 Å². The molecule has 2 aromatic carbocycles. The quantitative estimate of drug-likeness (QED) is 0.305. The van der Waals surface area contributed by atoms with Gasteiger partial charge in [-0.2, -0.15) is 0 Å². The average Bonchev–Trinajstić information content (AvgIpc) is 3.39. The first-order valence-electron chi connectivity index (χ1n) is 10.1. The van der Waals surface area contributed by atoms with Crippen LogP contribution in [0.4, 0.5) is 5.69 Å². The van der Waals surface area contributed by atoms with Crippen LogP contribution in [0.5, 0.6) is 5.75 Å². The third-order valence-corrected chi connectivity index (χ3v) is 7.83. The van der Waals surface area contributed by atoms with Crippen LogP contribution in [0, 0.1) is 0 Å². The molecule has 0 saturated heterocycles. The molecular formula is C24H21N3O2S2. The first-order valence-corrected chi connectivity index (χ1v) is 11.8. The number of nitrogens with zero attached hydrogens (tertiary/aromatic N) is 2. The Kier molecular flexibility index (Phi) is 5.61. The second-order valence-corrected chi connectivity index (χ2v) is 9.52. The SMILES string of the molecule is COc1cccc(NC(=O)[C@H](Sc2ncnc3sc4c(c23)CCC4)c2ccccc2)c1. The minimum Gasteiger partial charge on any atom is -0.497 e. The summed E-state index contributed by atoms with van der Waals surface area (Å²) < 4.78 is 5.29. The molecule has 4 aromatic rings. The Labute approximate surface area is 188 Å². The lowest BCUT2D eigenvalue weighted by atomic mass is 10.1. The second-order valence-electron chi connectivity index (χ2n) is 7.35. The van der Waals surface area contributed by atoms with Gasteiger partial charge in [0.25, 0.3) is 0 Å². The lowest BCUT2D eigenvalue weighted by Gasteiger charge is -2.17. The number of methoxy groups -OCH3 is 1. The molecule has 0 unspecified atom stereocenters. The van der Waals surface area contributed by atoms with Crippen molar-refractivity contribution in [2.24, 2.45) is 0 Å². The number of benzene rings is 2. The number of fused-ring (bicyclic) bond motifs is 3. The van der Waals surface area contributed by atoms with Crippen LogP contribution in [0.3, 0.4) is 0 Å². The van der Waals surface area contributed by atoms with Crippen molar-refractivity contribution in [2.75, 3.05) is 12.4 Å². The van der Waals surface area contributed by atoms with Gasteiger partial charge in [-0.25, -0.2) is 9.97 Å². The predicted octanol–water partition coefficient (Wildman–Crippen LogP) is 5.66. The van der Waals surface area contributed by atoms with Crippen molar-refractivity contribution in [1.82, 2.24) is 9.97 Å². The maximum absolute atomic E-state index is 13.4. The summed E-state index contributed by atoms with van der Waals surface area (Å²) in [7, 11) is 1.61. The molecule has 1 aliphatic carbocycles. The maximum Gasteiger partial charge on any atom is 0.242 e. The highest BCUT2D eigenvalue weighted by molar-refractivity contribution is 8.00. The fourth-order valence-electron chi connectivity index (χ4n) is 3.91. The van der Waals surface area contributed by atoms with Gasteiger partial charge in [0.05, 0.1) is 7.11 Å². The summed E-state index contributed by atoms with van der Waals surface area (Å²) in [6.45, 7) is 0.